The molecular formula is C54H82BBrN3O12-. The normalized spacial score (nSPS) is 16.0. The summed E-state index contributed by atoms with van der Waals surface area (Å²) in [7, 11) is 2.16. The molecule has 4 aliphatic rings. The lowest BCUT2D eigenvalue weighted by molar-refractivity contribution is -0.158. The van der Waals surface area contributed by atoms with Crippen LogP contribution in [-0.4, -0.2) is 119 Å². The second-order valence-electron chi connectivity index (χ2n) is 19.4. The Hall–Kier alpha value is -5.13. The van der Waals surface area contributed by atoms with Gasteiger partial charge in [0.05, 0.1) is 20.0 Å². The van der Waals surface area contributed by atoms with Crippen LogP contribution < -0.4 is 30.2 Å². The Balaban J connectivity index is 0.000000321. The second kappa shape index (κ2) is 30.7. The molecule has 3 aromatic rings. The molecule has 1 saturated heterocycles. The highest BCUT2D eigenvalue weighted by molar-refractivity contribution is 9.09. The molecule has 396 valence electrons. The lowest BCUT2D eigenvalue weighted by atomic mass is 9.98. The summed E-state index contributed by atoms with van der Waals surface area (Å²) in [6.07, 6.45) is 7.28. The highest BCUT2D eigenvalue weighted by atomic mass is 79.9. The van der Waals surface area contributed by atoms with Crippen LogP contribution in [0.4, 0.5) is 0 Å². The van der Waals surface area contributed by atoms with Gasteiger partial charge in [-0.05, 0) is 185 Å². The van der Waals surface area contributed by atoms with E-state index in [4.69, 9.17) is 33.2 Å². The van der Waals surface area contributed by atoms with E-state index in [1.165, 1.54) is 29.5 Å². The van der Waals surface area contributed by atoms with Gasteiger partial charge in [-0.2, -0.15) is 0 Å². The molecule has 17 heteroatoms. The third-order valence-electron chi connectivity index (χ3n) is 9.83. The molecule has 0 saturated carbocycles. The Morgan fingerprint density at radius 2 is 1.00 bits per heavy atom. The van der Waals surface area contributed by atoms with Crippen LogP contribution in [0.25, 0.3) is 0 Å². The standard InChI is InChI=1S/C16H21NO4.C16H23NO3.C11H13NO2.C6H11BrO2.C4H10BO.CH4/c1-16(2,3)21-15(19)10-20-13-5-4-11-6-7-17-14(18)9-12(11)8-13;1-16(2,3)20-15(18)11-19-14-5-4-12-6-8-17-9-7-13(12)10-14;1-14-10-3-2-8-4-5-12-11(13)7-9(8)6-10;1-6(2,3)9-5(8)4-7;5-4-2-1-3-6-4;/h4-5,8H,6-7,9-10H2,1-3H3,(H,17,18);4-5,10,17H,6-9,11H2,1-3H3;2-3,6H,4-5,7H2,1H3,(H,12,13);4H2,1-3H3;4H,1-3H2,5H3;1H4/q;;;;-1;. The van der Waals surface area contributed by atoms with Crippen LogP contribution in [0.2, 0.25) is 0 Å². The third kappa shape index (κ3) is 26.8. The number of fused-ring (bicyclic) bond motifs is 3. The molecule has 1 atom stereocenters. The molecule has 0 spiro atoms. The number of methoxy groups -OCH3 is 1. The molecule has 3 aromatic carbocycles. The van der Waals surface area contributed by atoms with Crippen molar-refractivity contribution in [3.8, 4) is 17.2 Å². The minimum absolute atomic E-state index is 0. The molecule has 0 bridgehead atoms. The topological polar surface area (TPSA) is 186 Å². The molecule has 0 aromatic heterocycles. The van der Waals surface area contributed by atoms with Gasteiger partial charge in [0.15, 0.2) is 13.2 Å². The van der Waals surface area contributed by atoms with Crippen molar-refractivity contribution in [2.24, 2.45) is 0 Å². The minimum Gasteiger partial charge on any atom is -0.497 e. The lowest BCUT2D eigenvalue weighted by Gasteiger charge is -2.19. The number of carbonyl (C=O) groups excluding carboxylic acids is 5. The van der Waals surface area contributed by atoms with Crippen LogP contribution in [-0.2, 0) is 81.4 Å². The van der Waals surface area contributed by atoms with Gasteiger partial charge in [-0.25, -0.2) is 9.59 Å². The first kappa shape index (κ1) is 62.0. The number of halogens is 1. The van der Waals surface area contributed by atoms with E-state index in [0.717, 1.165) is 86.1 Å². The predicted molar refractivity (Wildman–Crippen MR) is 285 cm³/mol. The van der Waals surface area contributed by atoms with Gasteiger partial charge in [0.1, 0.15) is 39.4 Å². The number of amides is 2. The van der Waals surface area contributed by atoms with Gasteiger partial charge in [-0.3, -0.25) is 14.4 Å². The maximum Gasteiger partial charge on any atom is 0.344 e. The first-order valence-electron chi connectivity index (χ1n) is 23.6. The number of rotatable bonds is 8. The fraction of sp³-hybridized carbons (Fsp3) is 0.574. The van der Waals surface area contributed by atoms with Gasteiger partial charge in [0, 0.05) is 19.7 Å². The number of esters is 3. The molecule has 1 unspecified atom stereocenters. The minimum atomic E-state index is -0.522. The van der Waals surface area contributed by atoms with Crippen LogP contribution in [0.15, 0.2) is 54.6 Å². The van der Waals surface area contributed by atoms with Crippen LogP contribution in [0, 0.1) is 0 Å². The average Bonchev–Trinajstić information content (AvgIpc) is 3.42. The van der Waals surface area contributed by atoms with Gasteiger partial charge < -0.3 is 49.1 Å². The Bertz CT molecular complexity index is 2160. The molecule has 0 radical (unpaired) electrons. The van der Waals surface area contributed by atoms with E-state index < -0.39 is 17.2 Å². The molecule has 7 rings (SSSR count). The van der Waals surface area contributed by atoms with Crippen LogP contribution in [0.3, 0.4) is 0 Å². The van der Waals surface area contributed by atoms with Gasteiger partial charge in [0.2, 0.25) is 11.8 Å². The fourth-order valence-corrected chi connectivity index (χ4v) is 7.05. The van der Waals surface area contributed by atoms with Crippen molar-refractivity contribution in [3.63, 3.8) is 0 Å². The monoisotopic (exact) mass is 1050 g/mol. The van der Waals surface area contributed by atoms with E-state index in [0.29, 0.717) is 33.0 Å². The zero-order chi connectivity index (χ0) is 51.9. The van der Waals surface area contributed by atoms with Crippen molar-refractivity contribution >= 4 is 53.5 Å². The molecule has 71 heavy (non-hydrogen) atoms. The Labute approximate surface area is 432 Å². The van der Waals surface area contributed by atoms with Crippen LogP contribution in [0.1, 0.15) is 116 Å². The number of ether oxygens (including phenoxy) is 7. The molecule has 3 N–H and O–H groups in total. The summed E-state index contributed by atoms with van der Waals surface area (Å²) in [5.41, 5.74) is 5.72. The van der Waals surface area contributed by atoms with Crippen molar-refractivity contribution in [1.29, 1.82) is 0 Å². The average molecular weight is 1060 g/mol. The molecule has 4 heterocycles. The number of hydrogen-bond donors (Lipinski definition) is 3. The molecule has 4 aliphatic heterocycles. The quantitative estimate of drug-likeness (QED) is 0.0966. The van der Waals surface area contributed by atoms with Gasteiger partial charge in [-0.15, -0.1) is 0 Å². The largest absolute Gasteiger partial charge is 0.497 e. The maximum absolute atomic E-state index is 11.6. The second-order valence-corrected chi connectivity index (χ2v) is 20.0. The van der Waals surface area contributed by atoms with E-state index in [1.807, 2.05) is 111 Å². The highest BCUT2D eigenvalue weighted by Crippen LogP contribution is 2.23. The first-order chi connectivity index (χ1) is 32.9. The van der Waals surface area contributed by atoms with E-state index in [-0.39, 0.29) is 55.3 Å². The molecule has 1 fully saturated rings. The van der Waals surface area contributed by atoms with E-state index >= 15 is 0 Å². The van der Waals surface area contributed by atoms with Crippen LogP contribution in [0.5, 0.6) is 17.2 Å². The highest BCUT2D eigenvalue weighted by Gasteiger charge is 2.20. The summed E-state index contributed by atoms with van der Waals surface area (Å²) < 4.78 is 36.7. The summed E-state index contributed by atoms with van der Waals surface area (Å²) in [5.74, 6) is 1.27. The van der Waals surface area contributed by atoms with Crippen molar-refractivity contribution in [3.05, 3.63) is 88.0 Å². The van der Waals surface area contributed by atoms with Gasteiger partial charge >= 0.3 is 17.9 Å². The summed E-state index contributed by atoms with van der Waals surface area (Å²) in [6.45, 7) is 20.8. The van der Waals surface area contributed by atoms with Crippen LogP contribution >= 0.6 is 15.9 Å². The van der Waals surface area contributed by atoms with Gasteiger partial charge in [-0.1, -0.05) is 54.0 Å². The molecular weight excluding hydrogens is 973 g/mol. The Kier molecular flexibility index (Phi) is 26.8. The lowest BCUT2D eigenvalue weighted by Crippen LogP contribution is -2.27. The smallest absolute Gasteiger partial charge is 0.344 e. The predicted octanol–water partition coefficient (Wildman–Crippen LogP) is 6.47. The summed E-state index contributed by atoms with van der Waals surface area (Å²) >= 11 is 2.99. The number of hydrogen-bond acceptors (Lipinski definition) is 13. The molecule has 0 aliphatic carbocycles. The van der Waals surface area contributed by atoms with E-state index in [1.54, 1.807) is 7.11 Å². The maximum atomic E-state index is 11.6. The zero-order valence-electron chi connectivity index (χ0n) is 42.4. The van der Waals surface area contributed by atoms with Crippen molar-refractivity contribution in [2.75, 3.05) is 58.4 Å². The van der Waals surface area contributed by atoms with E-state index in [2.05, 4.69) is 37.9 Å². The summed E-state index contributed by atoms with van der Waals surface area (Å²) in [4.78, 5) is 56.6. The van der Waals surface area contributed by atoms with Crippen molar-refractivity contribution in [2.45, 2.75) is 144 Å². The number of alkyl halides is 1. The third-order valence-corrected chi connectivity index (χ3v) is 10.3. The first-order valence-corrected chi connectivity index (χ1v) is 24.7. The zero-order valence-corrected chi connectivity index (χ0v) is 44.0. The summed E-state index contributed by atoms with van der Waals surface area (Å²) in [5, 5.41) is 9.32. The number of nitrogens with one attached hydrogen (secondary N) is 3. The number of carbonyl (C=O) groups is 5. The molecule has 15 nitrogen and oxygen atoms in total. The van der Waals surface area contributed by atoms with Crippen molar-refractivity contribution < 1.29 is 57.1 Å². The van der Waals surface area contributed by atoms with E-state index in [9.17, 15) is 24.0 Å². The van der Waals surface area contributed by atoms with Gasteiger partial charge in [0.25, 0.3) is 0 Å². The molecule has 2 amide bonds. The summed E-state index contributed by atoms with van der Waals surface area (Å²) in [6, 6.07) is 18.4. The Morgan fingerprint density at radius 3 is 1.38 bits per heavy atom. The Morgan fingerprint density at radius 1 is 0.606 bits per heavy atom. The fourth-order valence-electron chi connectivity index (χ4n) is 6.93. The SMILES string of the molecule is C.CC(C)(C)OC(=O)CBr.CC(C)(C)OC(=O)COc1ccc2c(c1)CC(=O)NCC2.CC(C)(C)OC(=O)COc1ccc2c(c1)CCNCC2.COc1ccc2c(c1)CC(=O)NCC2.[BH3-]C1CCCO1. The number of benzene rings is 3. The van der Waals surface area contributed by atoms with Crippen molar-refractivity contribution in [1.82, 2.24) is 16.0 Å².